The lowest BCUT2D eigenvalue weighted by atomic mass is 10.2. The van der Waals surface area contributed by atoms with Crippen molar-refractivity contribution < 1.29 is 0 Å². The van der Waals surface area contributed by atoms with Crippen molar-refractivity contribution in [3.05, 3.63) is 47.9 Å². The zero-order valence-electron chi connectivity index (χ0n) is 8.07. The summed E-state index contributed by atoms with van der Waals surface area (Å²) in [5.74, 6) is 0. The van der Waals surface area contributed by atoms with Gasteiger partial charge in [0.25, 0.3) is 0 Å². The van der Waals surface area contributed by atoms with Gasteiger partial charge in [-0.05, 0) is 36.8 Å². The van der Waals surface area contributed by atoms with E-state index in [1.54, 1.807) is 6.08 Å². The highest BCUT2D eigenvalue weighted by molar-refractivity contribution is 7.19. The Bertz CT molecular complexity index is 392. The van der Waals surface area contributed by atoms with Crippen LogP contribution >= 0.6 is 11.3 Å². The van der Waals surface area contributed by atoms with Gasteiger partial charge < -0.3 is 0 Å². The second-order valence-corrected chi connectivity index (χ2v) is 4.55. The van der Waals surface area contributed by atoms with Crippen LogP contribution in [0.2, 0.25) is 0 Å². The standard InChI is InChI=1S/C13H13S/c1-2-3-4-8-12-10-11-7-5-6-9-13(11)14-12/h1-2,5-7,9-10H,3-4,8H2. The number of hydrogen-bond acceptors (Lipinski definition) is 1. The summed E-state index contributed by atoms with van der Waals surface area (Å²) in [7, 11) is 0. The number of thiophene rings is 1. The first kappa shape index (κ1) is 9.47. The van der Waals surface area contributed by atoms with E-state index in [0.717, 1.165) is 19.3 Å². The van der Waals surface area contributed by atoms with Crippen molar-refractivity contribution in [3.63, 3.8) is 0 Å². The van der Waals surface area contributed by atoms with Crippen LogP contribution in [0.1, 0.15) is 17.7 Å². The molecule has 2 aromatic rings. The van der Waals surface area contributed by atoms with Crippen molar-refractivity contribution >= 4 is 21.4 Å². The summed E-state index contributed by atoms with van der Waals surface area (Å²) in [6, 6.07) is 10.8. The van der Waals surface area contributed by atoms with E-state index in [-0.39, 0.29) is 0 Å². The molecule has 0 fully saturated rings. The number of fused-ring (bicyclic) bond motifs is 1. The highest BCUT2D eigenvalue weighted by Crippen LogP contribution is 2.26. The van der Waals surface area contributed by atoms with Gasteiger partial charge in [0.05, 0.1) is 0 Å². The minimum atomic E-state index is 1.01. The molecule has 1 radical (unpaired) electrons. The van der Waals surface area contributed by atoms with Gasteiger partial charge in [-0.1, -0.05) is 30.9 Å². The maximum absolute atomic E-state index is 5.35. The van der Waals surface area contributed by atoms with Gasteiger partial charge in [-0.25, -0.2) is 0 Å². The van der Waals surface area contributed by atoms with Gasteiger partial charge in [0.15, 0.2) is 0 Å². The van der Waals surface area contributed by atoms with Crippen LogP contribution in [0, 0.1) is 6.58 Å². The second kappa shape index (κ2) is 4.43. The number of hydrogen-bond donors (Lipinski definition) is 0. The summed E-state index contributed by atoms with van der Waals surface area (Å²) in [6.45, 7) is 5.35. The third-order valence-electron chi connectivity index (χ3n) is 2.27. The number of rotatable bonds is 4. The Kier molecular flexibility index (Phi) is 3.00. The van der Waals surface area contributed by atoms with E-state index >= 15 is 0 Å². The summed E-state index contributed by atoms with van der Waals surface area (Å²) in [5.41, 5.74) is 0. The summed E-state index contributed by atoms with van der Waals surface area (Å²) in [5, 5.41) is 1.37. The molecule has 0 spiro atoms. The molecule has 0 bridgehead atoms. The van der Waals surface area contributed by atoms with E-state index in [0.29, 0.717) is 0 Å². The Balaban J connectivity index is 2.14. The predicted octanol–water partition coefficient (Wildman–Crippen LogP) is 4.21. The number of allylic oxidation sites excluding steroid dienone is 1. The van der Waals surface area contributed by atoms with Gasteiger partial charge in [-0.3, -0.25) is 0 Å². The molecule has 0 saturated heterocycles. The normalized spacial score (nSPS) is 10.6. The van der Waals surface area contributed by atoms with Crippen LogP contribution in [0.5, 0.6) is 0 Å². The second-order valence-electron chi connectivity index (χ2n) is 3.38. The van der Waals surface area contributed by atoms with Crippen LogP contribution in [0.15, 0.2) is 36.4 Å². The molecule has 14 heavy (non-hydrogen) atoms. The monoisotopic (exact) mass is 201 g/mol. The topological polar surface area (TPSA) is 0 Å². The quantitative estimate of drug-likeness (QED) is 0.650. The van der Waals surface area contributed by atoms with E-state index < -0.39 is 0 Å². The molecule has 71 valence electrons. The fraction of sp³-hybridized carbons (Fsp3) is 0.231. The Morgan fingerprint density at radius 1 is 1.29 bits per heavy atom. The molecule has 0 atom stereocenters. The predicted molar refractivity (Wildman–Crippen MR) is 63.6 cm³/mol. The maximum atomic E-state index is 5.35. The molecule has 1 aromatic carbocycles. The molecular formula is C13H13S. The number of unbranched alkanes of at least 4 members (excludes halogenated alkanes) is 1. The van der Waals surface area contributed by atoms with E-state index in [4.69, 9.17) is 6.58 Å². The minimum absolute atomic E-state index is 1.01. The van der Waals surface area contributed by atoms with E-state index in [2.05, 4.69) is 30.3 Å². The molecule has 0 unspecified atom stereocenters. The fourth-order valence-corrected chi connectivity index (χ4v) is 2.66. The van der Waals surface area contributed by atoms with Crippen LogP contribution in [0.25, 0.3) is 10.1 Å². The zero-order chi connectivity index (χ0) is 9.80. The van der Waals surface area contributed by atoms with Crippen LogP contribution in [-0.2, 0) is 6.42 Å². The molecule has 0 saturated carbocycles. The van der Waals surface area contributed by atoms with Crippen LogP contribution < -0.4 is 0 Å². The Hall–Kier alpha value is -1.08. The van der Waals surface area contributed by atoms with Crippen LogP contribution in [0.3, 0.4) is 0 Å². The van der Waals surface area contributed by atoms with Gasteiger partial charge in [-0.15, -0.1) is 11.3 Å². The lowest BCUT2D eigenvalue weighted by Gasteiger charge is -1.91. The molecule has 0 amide bonds. The Labute approximate surface area is 88.9 Å². The highest BCUT2D eigenvalue weighted by atomic mass is 32.1. The minimum Gasteiger partial charge on any atom is -0.140 e. The molecule has 1 aromatic heterocycles. The average Bonchev–Trinajstić information content (AvgIpc) is 2.60. The Morgan fingerprint density at radius 2 is 2.14 bits per heavy atom. The highest BCUT2D eigenvalue weighted by Gasteiger charge is 1.99. The molecule has 0 aliphatic carbocycles. The van der Waals surface area contributed by atoms with Crippen molar-refractivity contribution in [2.24, 2.45) is 0 Å². The first-order chi connectivity index (χ1) is 6.90. The summed E-state index contributed by atoms with van der Waals surface area (Å²) in [6.07, 6.45) is 5.05. The van der Waals surface area contributed by atoms with Crippen molar-refractivity contribution in [2.75, 3.05) is 0 Å². The number of aryl methyl sites for hydroxylation is 1. The number of benzene rings is 1. The summed E-state index contributed by atoms with van der Waals surface area (Å²) >= 11 is 1.89. The first-order valence-electron chi connectivity index (χ1n) is 4.91. The largest absolute Gasteiger partial charge is 0.140 e. The fourth-order valence-electron chi connectivity index (χ4n) is 1.55. The summed E-state index contributed by atoms with van der Waals surface area (Å²) < 4.78 is 1.39. The molecule has 1 heteroatoms. The van der Waals surface area contributed by atoms with Gasteiger partial charge >= 0.3 is 0 Å². The zero-order valence-corrected chi connectivity index (χ0v) is 8.89. The first-order valence-corrected chi connectivity index (χ1v) is 5.72. The molecule has 0 aliphatic rings. The van der Waals surface area contributed by atoms with E-state index in [1.807, 2.05) is 11.3 Å². The van der Waals surface area contributed by atoms with Crippen LogP contribution in [-0.4, -0.2) is 0 Å². The van der Waals surface area contributed by atoms with Gasteiger partial charge in [0, 0.05) is 9.58 Å². The molecule has 0 aliphatic heterocycles. The SMILES string of the molecule is [CH]=CCCCc1cc2ccccc2s1. The Morgan fingerprint density at radius 3 is 2.93 bits per heavy atom. The molecular weight excluding hydrogens is 188 g/mol. The molecule has 2 rings (SSSR count). The molecule has 0 nitrogen and oxygen atoms in total. The third-order valence-corrected chi connectivity index (χ3v) is 3.45. The lowest BCUT2D eigenvalue weighted by Crippen LogP contribution is -1.77. The van der Waals surface area contributed by atoms with Crippen molar-refractivity contribution in [3.8, 4) is 0 Å². The van der Waals surface area contributed by atoms with Gasteiger partial charge in [0.1, 0.15) is 0 Å². The van der Waals surface area contributed by atoms with E-state index in [9.17, 15) is 0 Å². The lowest BCUT2D eigenvalue weighted by molar-refractivity contribution is 0.856. The third kappa shape index (κ3) is 2.05. The summed E-state index contributed by atoms with van der Waals surface area (Å²) in [4.78, 5) is 1.47. The van der Waals surface area contributed by atoms with Crippen molar-refractivity contribution in [1.29, 1.82) is 0 Å². The maximum Gasteiger partial charge on any atom is 0.0345 e. The average molecular weight is 201 g/mol. The molecule has 0 N–H and O–H groups in total. The molecule has 1 heterocycles. The smallest absolute Gasteiger partial charge is 0.0345 e. The van der Waals surface area contributed by atoms with E-state index in [1.165, 1.54) is 15.0 Å². The van der Waals surface area contributed by atoms with Gasteiger partial charge in [0.2, 0.25) is 0 Å². The van der Waals surface area contributed by atoms with Gasteiger partial charge in [-0.2, -0.15) is 0 Å². The van der Waals surface area contributed by atoms with Crippen LogP contribution in [0.4, 0.5) is 0 Å². The van der Waals surface area contributed by atoms with Crippen molar-refractivity contribution in [1.82, 2.24) is 0 Å². The van der Waals surface area contributed by atoms with Crippen molar-refractivity contribution in [2.45, 2.75) is 19.3 Å².